The summed E-state index contributed by atoms with van der Waals surface area (Å²) in [5, 5.41) is 9.37. The van der Waals surface area contributed by atoms with Crippen LogP contribution in [0.5, 0.6) is 0 Å². The van der Waals surface area contributed by atoms with Crippen molar-refractivity contribution in [2.75, 3.05) is 18.6 Å². The summed E-state index contributed by atoms with van der Waals surface area (Å²) >= 11 is 8.41. The molecule has 0 saturated heterocycles. The molecule has 0 radical (unpaired) electrons. The molecule has 0 atom stereocenters. The maximum absolute atomic E-state index is 12.3. The highest BCUT2D eigenvalue weighted by Gasteiger charge is 2.26. The maximum Gasteiger partial charge on any atom is 0.256 e. The Morgan fingerprint density at radius 3 is 2.43 bits per heavy atom. The van der Waals surface area contributed by atoms with Gasteiger partial charge in [0.25, 0.3) is 5.91 Å². The van der Waals surface area contributed by atoms with Crippen LogP contribution in [0.15, 0.2) is 85.8 Å². The molecule has 0 saturated carbocycles. The van der Waals surface area contributed by atoms with E-state index in [-0.39, 0.29) is 12.5 Å². The first-order chi connectivity index (χ1) is 14.6. The first kappa shape index (κ1) is 20.8. The van der Waals surface area contributed by atoms with Crippen LogP contribution in [0, 0.1) is 0 Å². The fourth-order valence-electron chi connectivity index (χ4n) is 2.89. The largest absolute Gasteiger partial charge is 0.489 e. The number of halogens is 2. The number of hydrogen-bond acceptors (Lipinski definition) is 5. The van der Waals surface area contributed by atoms with Crippen LogP contribution < -0.4 is 10.7 Å². The first-order valence-electron chi connectivity index (χ1n) is 9.12. The molecule has 3 aromatic rings. The highest BCUT2D eigenvalue weighted by Crippen LogP contribution is 2.27. The molecule has 0 bridgehead atoms. The van der Waals surface area contributed by atoms with E-state index in [0.717, 1.165) is 30.8 Å². The molecular formula is C22H17Br2N3O2S. The summed E-state index contributed by atoms with van der Waals surface area (Å²) in [6, 6.07) is 19.5. The topological polar surface area (TPSA) is 62.7 Å². The van der Waals surface area contributed by atoms with Crippen molar-refractivity contribution in [3.63, 3.8) is 0 Å². The van der Waals surface area contributed by atoms with Crippen molar-refractivity contribution in [3.05, 3.63) is 91.2 Å². The van der Waals surface area contributed by atoms with Crippen LogP contribution in [0.25, 0.3) is 5.57 Å². The van der Waals surface area contributed by atoms with E-state index in [9.17, 15) is 4.79 Å². The summed E-state index contributed by atoms with van der Waals surface area (Å²) < 4.78 is 8.06. The predicted octanol–water partition coefficient (Wildman–Crippen LogP) is 5.65. The molecule has 152 valence electrons. The normalized spacial score (nSPS) is 14.1. The Kier molecular flexibility index (Phi) is 6.66. The Morgan fingerprint density at radius 2 is 1.77 bits per heavy atom. The van der Waals surface area contributed by atoms with Crippen LogP contribution >= 0.6 is 43.2 Å². The van der Waals surface area contributed by atoms with E-state index in [1.165, 1.54) is 11.3 Å². The first-order valence-corrected chi connectivity index (χ1v) is 11.6. The number of nitrogens with one attached hydrogen (secondary N) is 2. The van der Waals surface area contributed by atoms with Gasteiger partial charge in [0.05, 0.1) is 17.8 Å². The summed E-state index contributed by atoms with van der Waals surface area (Å²) in [5.74, 6) is 0.526. The number of nitrogens with zero attached hydrogens (tertiary/aromatic N) is 1. The van der Waals surface area contributed by atoms with E-state index in [1.54, 1.807) is 0 Å². The second-order valence-electron chi connectivity index (χ2n) is 6.43. The quantitative estimate of drug-likeness (QED) is 0.297. The van der Waals surface area contributed by atoms with Gasteiger partial charge >= 0.3 is 0 Å². The number of thiophene rings is 1. The van der Waals surface area contributed by atoms with Crippen LogP contribution in [-0.2, 0) is 9.53 Å². The van der Waals surface area contributed by atoms with Crippen LogP contribution in [0.2, 0.25) is 0 Å². The van der Waals surface area contributed by atoms with E-state index in [1.807, 2.05) is 66.0 Å². The van der Waals surface area contributed by atoms with Gasteiger partial charge in [0.1, 0.15) is 18.1 Å². The SMILES string of the molecule is O=C1NCC(OCC(=NNc2ccc(Br)cc2)c2ccc(Br)cc2)=C1c1cccs1. The van der Waals surface area contributed by atoms with Gasteiger partial charge in [0.15, 0.2) is 0 Å². The third-order valence-electron chi connectivity index (χ3n) is 4.41. The lowest BCUT2D eigenvalue weighted by Crippen LogP contribution is -2.18. The van der Waals surface area contributed by atoms with Crippen molar-refractivity contribution in [1.29, 1.82) is 0 Å². The van der Waals surface area contributed by atoms with Gasteiger partial charge in [-0.05, 0) is 47.8 Å². The zero-order valence-electron chi connectivity index (χ0n) is 15.7. The molecule has 1 aromatic heterocycles. The number of amides is 1. The minimum absolute atomic E-state index is 0.109. The molecule has 0 spiro atoms. The summed E-state index contributed by atoms with van der Waals surface area (Å²) in [7, 11) is 0. The fourth-order valence-corrected chi connectivity index (χ4v) is 4.21. The third kappa shape index (κ3) is 5.00. The van der Waals surface area contributed by atoms with Crippen molar-refractivity contribution in [1.82, 2.24) is 5.32 Å². The van der Waals surface area contributed by atoms with E-state index >= 15 is 0 Å². The molecule has 8 heteroatoms. The van der Waals surface area contributed by atoms with Crippen LogP contribution in [0.3, 0.4) is 0 Å². The van der Waals surface area contributed by atoms with Gasteiger partial charge in [-0.3, -0.25) is 10.2 Å². The van der Waals surface area contributed by atoms with Crippen LogP contribution in [0.4, 0.5) is 5.69 Å². The van der Waals surface area contributed by atoms with Crippen molar-refractivity contribution < 1.29 is 9.53 Å². The zero-order chi connectivity index (χ0) is 20.9. The van der Waals surface area contributed by atoms with Gasteiger partial charge in [0.2, 0.25) is 0 Å². The molecule has 0 aliphatic carbocycles. The number of rotatable bonds is 7. The molecule has 0 fully saturated rings. The molecule has 1 amide bonds. The Morgan fingerprint density at radius 1 is 1.07 bits per heavy atom. The van der Waals surface area contributed by atoms with Crippen molar-refractivity contribution in [2.45, 2.75) is 0 Å². The average molecular weight is 547 g/mol. The summed E-state index contributed by atoms with van der Waals surface area (Å²) in [6.07, 6.45) is 0. The fraction of sp³-hybridized carbons (Fsp3) is 0.0909. The molecule has 2 aromatic carbocycles. The number of hydrazone groups is 1. The van der Waals surface area contributed by atoms with Crippen molar-refractivity contribution in [2.24, 2.45) is 5.10 Å². The van der Waals surface area contributed by atoms with Gasteiger partial charge in [-0.25, -0.2) is 0 Å². The Balaban J connectivity index is 1.58. The molecule has 30 heavy (non-hydrogen) atoms. The summed E-state index contributed by atoms with van der Waals surface area (Å²) in [5.41, 5.74) is 6.20. The van der Waals surface area contributed by atoms with Gasteiger partial charge in [-0.2, -0.15) is 5.10 Å². The van der Waals surface area contributed by atoms with Gasteiger partial charge in [-0.15, -0.1) is 11.3 Å². The lowest BCUT2D eigenvalue weighted by atomic mass is 10.1. The third-order valence-corrected chi connectivity index (χ3v) is 6.35. The highest BCUT2D eigenvalue weighted by molar-refractivity contribution is 9.10. The standard InChI is InChI=1S/C22H17Br2N3O2S/c23-15-5-3-14(4-6-15)18(27-26-17-9-7-16(24)8-10-17)13-29-19-12-25-22(28)21(19)20-2-1-11-30-20/h1-11,26H,12-13H2,(H,25,28). The van der Waals surface area contributed by atoms with Gasteiger partial charge in [-0.1, -0.05) is 50.1 Å². The van der Waals surface area contributed by atoms with E-state index < -0.39 is 0 Å². The molecule has 1 aliphatic heterocycles. The molecule has 0 unspecified atom stereocenters. The Hall–Kier alpha value is -2.42. The number of benzene rings is 2. The van der Waals surface area contributed by atoms with Crippen molar-refractivity contribution >= 4 is 66.1 Å². The average Bonchev–Trinajstić information content (AvgIpc) is 3.40. The van der Waals surface area contributed by atoms with E-state index in [2.05, 4.69) is 47.7 Å². The highest BCUT2D eigenvalue weighted by atomic mass is 79.9. The van der Waals surface area contributed by atoms with E-state index in [4.69, 9.17) is 4.74 Å². The number of hydrogen-bond donors (Lipinski definition) is 2. The minimum Gasteiger partial charge on any atom is -0.489 e. The Bertz CT molecular complexity index is 1090. The van der Waals surface area contributed by atoms with Gasteiger partial charge < -0.3 is 10.1 Å². The lowest BCUT2D eigenvalue weighted by molar-refractivity contribution is -0.114. The number of ether oxygens (including phenoxy) is 1. The number of carbonyl (C=O) groups is 1. The molecule has 2 heterocycles. The van der Waals surface area contributed by atoms with Crippen molar-refractivity contribution in [3.8, 4) is 0 Å². The van der Waals surface area contributed by atoms with Crippen LogP contribution in [-0.4, -0.2) is 24.8 Å². The molecule has 1 aliphatic rings. The summed E-state index contributed by atoms with van der Waals surface area (Å²) in [4.78, 5) is 13.2. The molecular weight excluding hydrogens is 530 g/mol. The van der Waals surface area contributed by atoms with Crippen LogP contribution in [0.1, 0.15) is 10.4 Å². The molecule has 2 N–H and O–H groups in total. The summed E-state index contributed by atoms with van der Waals surface area (Å²) in [6.45, 7) is 0.601. The lowest BCUT2D eigenvalue weighted by Gasteiger charge is -2.12. The van der Waals surface area contributed by atoms with E-state index in [0.29, 0.717) is 17.9 Å². The number of anilines is 1. The monoisotopic (exact) mass is 545 g/mol. The van der Waals surface area contributed by atoms with Gasteiger partial charge in [0, 0.05) is 19.4 Å². The predicted molar refractivity (Wildman–Crippen MR) is 129 cm³/mol. The molecule has 4 rings (SSSR count). The smallest absolute Gasteiger partial charge is 0.256 e. The molecule has 5 nitrogen and oxygen atoms in total. The zero-order valence-corrected chi connectivity index (χ0v) is 19.7. The Labute approximate surface area is 195 Å². The second kappa shape index (κ2) is 9.59. The second-order valence-corrected chi connectivity index (χ2v) is 9.21. The minimum atomic E-state index is -0.109. The number of carbonyl (C=O) groups excluding carboxylic acids is 1. The maximum atomic E-state index is 12.3.